The predicted octanol–water partition coefficient (Wildman–Crippen LogP) is 5.69. The fraction of sp³-hybridized carbons (Fsp3) is 0.636. The number of hydrogen-bond donors (Lipinski definition) is 0. The van der Waals surface area contributed by atoms with Crippen molar-refractivity contribution in [2.75, 3.05) is 13.7 Å². The Hall–Kier alpha value is -1.30. The third kappa shape index (κ3) is 6.98. The third-order valence-electron chi connectivity index (χ3n) is 5.58. The van der Waals surface area contributed by atoms with Crippen LogP contribution in [0.2, 0.25) is 18.1 Å². The van der Waals surface area contributed by atoms with Gasteiger partial charge in [-0.05, 0) is 61.2 Å². The molecule has 152 valence electrons. The molecule has 0 aliphatic carbocycles. The molecular formula is C22H36O4Si. The van der Waals surface area contributed by atoms with Crippen molar-refractivity contribution in [3.63, 3.8) is 0 Å². The molecule has 4 nitrogen and oxygen atoms in total. The topological polar surface area (TPSA) is 36.9 Å². The van der Waals surface area contributed by atoms with Gasteiger partial charge < -0.3 is 18.6 Å². The Bertz CT molecular complexity index is 589. The summed E-state index contributed by atoms with van der Waals surface area (Å²) in [4.78, 5) is 0. The summed E-state index contributed by atoms with van der Waals surface area (Å²) in [5.41, 5.74) is 1.14. The molecule has 1 aromatic carbocycles. The minimum absolute atomic E-state index is 0.0744. The first-order chi connectivity index (χ1) is 12.7. The molecule has 0 amide bonds. The second-order valence-corrected chi connectivity index (χ2v) is 13.6. The van der Waals surface area contributed by atoms with E-state index >= 15 is 0 Å². The Morgan fingerprint density at radius 1 is 1.11 bits per heavy atom. The van der Waals surface area contributed by atoms with E-state index in [2.05, 4.69) is 39.9 Å². The van der Waals surface area contributed by atoms with Gasteiger partial charge in [0.25, 0.3) is 0 Å². The predicted molar refractivity (Wildman–Crippen MR) is 113 cm³/mol. The van der Waals surface area contributed by atoms with Crippen LogP contribution in [0.5, 0.6) is 5.75 Å². The van der Waals surface area contributed by atoms with Crippen LogP contribution in [-0.4, -0.2) is 34.2 Å². The highest BCUT2D eigenvalue weighted by Gasteiger charge is 2.39. The number of benzene rings is 1. The Kier molecular flexibility index (Phi) is 7.95. The highest BCUT2D eigenvalue weighted by atomic mass is 28.4. The second-order valence-electron chi connectivity index (χ2n) is 8.81. The van der Waals surface area contributed by atoms with Gasteiger partial charge in [-0.25, -0.2) is 0 Å². The Balaban J connectivity index is 1.80. The van der Waals surface area contributed by atoms with Crippen LogP contribution in [0.15, 0.2) is 36.6 Å². The third-order valence-corrected chi connectivity index (χ3v) is 10.1. The Morgan fingerprint density at radius 3 is 2.44 bits per heavy atom. The molecule has 27 heavy (non-hydrogen) atoms. The van der Waals surface area contributed by atoms with Crippen LogP contribution in [0.25, 0.3) is 0 Å². The van der Waals surface area contributed by atoms with E-state index < -0.39 is 8.32 Å². The molecule has 1 aromatic rings. The highest BCUT2D eigenvalue weighted by molar-refractivity contribution is 6.74. The fourth-order valence-corrected chi connectivity index (χ4v) is 4.19. The smallest absolute Gasteiger partial charge is 0.192 e. The molecule has 0 bridgehead atoms. The van der Waals surface area contributed by atoms with Crippen molar-refractivity contribution >= 4 is 8.32 Å². The number of ether oxygens (including phenoxy) is 3. The van der Waals surface area contributed by atoms with Crippen LogP contribution in [-0.2, 0) is 20.5 Å². The van der Waals surface area contributed by atoms with E-state index in [-0.39, 0.29) is 17.2 Å². The zero-order valence-electron chi connectivity index (χ0n) is 17.8. The fourth-order valence-electron chi connectivity index (χ4n) is 2.78. The van der Waals surface area contributed by atoms with Crippen molar-refractivity contribution in [1.29, 1.82) is 0 Å². The van der Waals surface area contributed by atoms with Gasteiger partial charge in [0.1, 0.15) is 11.9 Å². The summed E-state index contributed by atoms with van der Waals surface area (Å²) in [6, 6.07) is 7.97. The van der Waals surface area contributed by atoms with Crippen molar-refractivity contribution in [2.45, 2.75) is 77.0 Å². The molecule has 0 N–H and O–H groups in total. The lowest BCUT2D eigenvalue weighted by molar-refractivity contribution is 0.00562. The summed E-state index contributed by atoms with van der Waals surface area (Å²) >= 11 is 0. The molecule has 0 spiro atoms. The zero-order chi connectivity index (χ0) is 19.9. The van der Waals surface area contributed by atoms with E-state index in [1.54, 1.807) is 7.11 Å². The molecule has 0 fully saturated rings. The van der Waals surface area contributed by atoms with Gasteiger partial charge in [0, 0.05) is 6.10 Å². The van der Waals surface area contributed by atoms with Crippen molar-refractivity contribution in [1.82, 2.24) is 0 Å². The molecule has 1 aliphatic heterocycles. The van der Waals surface area contributed by atoms with Crippen LogP contribution in [0, 0.1) is 0 Å². The standard InChI is InChI=1S/C22H36O4Si/c1-22(2,3)27(5,6)26-20-8-7-15-25-21(14-13-20)17-24-16-18-9-11-19(23-4)12-10-18/h7,9-12,15,20-21H,8,13-14,16-17H2,1-6H3/b15-7-/t20-,21+/m0/s1. The highest BCUT2D eigenvalue weighted by Crippen LogP contribution is 2.38. The van der Waals surface area contributed by atoms with Gasteiger partial charge in [-0.3, -0.25) is 0 Å². The van der Waals surface area contributed by atoms with E-state index in [1.807, 2.05) is 30.5 Å². The number of hydrogen-bond acceptors (Lipinski definition) is 4. The molecule has 0 saturated heterocycles. The molecule has 2 atom stereocenters. The van der Waals surface area contributed by atoms with Gasteiger partial charge in [0.15, 0.2) is 8.32 Å². The summed E-state index contributed by atoms with van der Waals surface area (Å²) in [5.74, 6) is 0.861. The average Bonchev–Trinajstić information content (AvgIpc) is 2.59. The molecule has 0 aromatic heterocycles. The van der Waals surface area contributed by atoms with Crippen molar-refractivity contribution < 1.29 is 18.6 Å². The van der Waals surface area contributed by atoms with Gasteiger partial charge in [0.2, 0.25) is 0 Å². The Labute approximate surface area is 166 Å². The lowest BCUT2D eigenvalue weighted by atomic mass is 10.1. The molecule has 0 unspecified atom stereocenters. The summed E-state index contributed by atoms with van der Waals surface area (Å²) in [7, 11) is -0.0730. The lowest BCUT2D eigenvalue weighted by Gasteiger charge is -2.39. The first-order valence-electron chi connectivity index (χ1n) is 9.90. The first kappa shape index (κ1) is 22.0. The van der Waals surface area contributed by atoms with Crippen molar-refractivity contribution in [3.05, 3.63) is 42.2 Å². The van der Waals surface area contributed by atoms with Crippen LogP contribution >= 0.6 is 0 Å². The summed E-state index contributed by atoms with van der Waals surface area (Å²) < 4.78 is 23.5. The summed E-state index contributed by atoms with van der Waals surface area (Å²) in [5, 5.41) is 0.233. The lowest BCUT2D eigenvalue weighted by Crippen LogP contribution is -2.44. The van der Waals surface area contributed by atoms with Crippen LogP contribution in [0.3, 0.4) is 0 Å². The van der Waals surface area contributed by atoms with E-state index in [1.165, 1.54) is 0 Å². The molecule has 0 saturated carbocycles. The van der Waals surface area contributed by atoms with Gasteiger partial charge in [-0.2, -0.15) is 0 Å². The molecule has 0 radical (unpaired) electrons. The normalized spacial score (nSPS) is 22.4. The van der Waals surface area contributed by atoms with E-state index in [0.29, 0.717) is 13.2 Å². The monoisotopic (exact) mass is 392 g/mol. The van der Waals surface area contributed by atoms with E-state index in [0.717, 1.165) is 30.6 Å². The maximum absolute atomic E-state index is 6.60. The SMILES string of the molecule is COc1ccc(COC[C@H]2CC[C@@H](O[Si](C)(C)C(C)(C)C)C/C=C\O2)cc1. The maximum atomic E-state index is 6.60. The number of rotatable bonds is 7. The maximum Gasteiger partial charge on any atom is 0.192 e. The van der Waals surface area contributed by atoms with Gasteiger partial charge in [0.05, 0.1) is 26.6 Å². The molecule has 1 aliphatic rings. The summed E-state index contributed by atoms with van der Waals surface area (Å²) in [6.07, 6.45) is 7.14. The van der Waals surface area contributed by atoms with Crippen LogP contribution < -0.4 is 4.74 Å². The number of methoxy groups -OCH3 is 1. The molecule has 2 rings (SSSR count). The molecule has 5 heteroatoms. The van der Waals surface area contributed by atoms with Crippen molar-refractivity contribution in [2.24, 2.45) is 0 Å². The van der Waals surface area contributed by atoms with Crippen LogP contribution in [0.4, 0.5) is 0 Å². The zero-order valence-corrected chi connectivity index (χ0v) is 18.8. The quantitative estimate of drug-likeness (QED) is 0.559. The van der Waals surface area contributed by atoms with Gasteiger partial charge >= 0.3 is 0 Å². The largest absolute Gasteiger partial charge is 0.497 e. The van der Waals surface area contributed by atoms with Gasteiger partial charge in [-0.15, -0.1) is 0 Å². The Morgan fingerprint density at radius 2 is 1.81 bits per heavy atom. The van der Waals surface area contributed by atoms with E-state index in [9.17, 15) is 0 Å². The average molecular weight is 393 g/mol. The summed E-state index contributed by atoms with van der Waals surface area (Å²) in [6.45, 7) is 12.7. The van der Waals surface area contributed by atoms with Crippen LogP contribution in [0.1, 0.15) is 45.6 Å². The second kappa shape index (κ2) is 9.76. The van der Waals surface area contributed by atoms with Crippen molar-refractivity contribution in [3.8, 4) is 5.75 Å². The minimum Gasteiger partial charge on any atom is -0.497 e. The van der Waals surface area contributed by atoms with E-state index in [4.69, 9.17) is 18.6 Å². The molecular weight excluding hydrogens is 356 g/mol. The minimum atomic E-state index is -1.75. The first-order valence-corrected chi connectivity index (χ1v) is 12.8. The van der Waals surface area contributed by atoms with Gasteiger partial charge in [-0.1, -0.05) is 32.9 Å². The molecule has 1 heterocycles.